The second kappa shape index (κ2) is 6.12. The molecule has 5 heteroatoms. The SMILES string of the molecule is O=C(NC1CCN(C(=O)C2CCCNC2)CC1)C1CC1. The topological polar surface area (TPSA) is 61.4 Å². The van der Waals surface area contributed by atoms with Gasteiger partial charge in [0, 0.05) is 31.6 Å². The van der Waals surface area contributed by atoms with Crippen LogP contribution in [0.5, 0.6) is 0 Å². The van der Waals surface area contributed by atoms with E-state index in [1.807, 2.05) is 4.90 Å². The zero-order chi connectivity index (χ0) is 13.9. The van der Waals surface area contributed by atoms with E-state index < -0.39 is 0 Å². The fourth-order valence-electron chi connectivity index (χ4n) is 3.23. The summed E-state index contributed by atoms with van der Waals surface area (Å²) in [5.74, 6) is 0.986. The van der Waals surface area contributed by atoms with Gasteiger partial charge in [-0.2, -0.15) is 0 Å². The number of piperidine rings is 2. The van der Waals surface area contributed by atoms with Crippen LogP contribution in [-0.4, -0.2) is 48.9 Å². The van der Waals surface area contributed by atoms with E-state index >= 15 is 0 Å². The zero-order valence-electron chi connectivity index (χ0n) is 12.1. The molecule has 112 valence electrons. The number of amides is 2. The third kappa shape index (κ3) is 3.32. The lowest BCUT2D eigenvalue weighted by molar-refractivity contribution is -0.137. The van der Waals surface area contributed by atoms with E-state index in [9.17, 15) is 9.59 Å². The highest BCUT2D eigenvalue weighted by atomic mass is 16.2. The fourth-order valence-corrected chi connectivity index (χ4v) is 3.23. The molecule has 5 nitrogen and oxygen atoms in total. The highest BCUT2D eigenvalue weighted by molar-refractivity contribution is 5.81. The summed E-state index contributed by atoms with van der Waals surface area (Å²) in [4.78, 5) is 26.1. The predicted molar refractivity (Wildman–Crippen MR) is 76.1 cm³/mol. The monoisotopic (exact) mass is 279 g/mol. The summed E-state index contributed by atoms with van der Waals surface area (Å²) >= 11 is 0. The summed E-state index contributed by atoms with van der Waals surface area (Å²) in [6, 6.07) is 0.275. The molecular weight excluding hydrogens is 254 g/mol. The molecule has 2 heterocycles. The van der Waals surface area contributed by atoms with Crippen LogP contribution in [0.2, 0.25) is 0 Å². The van der Waals surface area contributed by atoms with Gasteiger partial charge in [0.25, 0.3) is 0 Å². The van der Waals surface area contributed by atoms with Crippen molar-refractivity contribution >= 4 is 11.8 Å². The van der Waals surface area contributed by atoms with Gasteiger partial charge >= 0.3 is 0 Å². The van der Waals surface area contributed by atoms with Crippen molar-refractivity contribution in [3.8, 4) is 0 Å². The summed E-state index contributed by atoms with van der Waals surface area (Å²) in [6.07, 6.45) is 6.04. The summed E-state index contributed by atoms with van der Waals surface area (Å²) in [5.41, 5.74) is 0. The Morgan fingerprint density at radius 2 is 1.75 bits per heavy atom. The van der Waals surface area contributed by atoms with E-state index in [4.69, 9.17) is 0 Å². The van der Waals surface area contributed by atoms with Crippen LogP contribution in [-0.2, 0) is 9.59 Å². The Hall–Kier alpha value is -1.10. The molecule has 1 aliphatic carbocycles. The molecule has 3 aliphatic rings. The number of nitrogens with one attached hydrogen (secondary N) is 2. The van der Waals surface area contributed by atoms with E-state index in [1.54, 1.807) is 0 Å². The van der Waals surface area contributed by atoms with Crippen molar-refractivity contribution in [1.82, 2.24) is 15.5 Å². The van der Waals surface area contributed by atoms with Crippen molar-refractivity contribution in [3.05, 3.63) is 0 Å². The van der Waals surface area contributed by atoms with Crippen LogP contribution in [0, 0.1) is 11.8 Å². The van der Waals surface area contributed by atoms with Gasteiger partial charge in [0.05, 0.1) is 5.92 Å². The van der Waals surface area contributed by atoms with Crippen LogP contribution in [0.25, 0.3) is 0 Å². The summed E-state index contributed by atoms with van der Waals surface area (Å²) in [5, 5.41) is 6.44. The van der Waals surface area contributed by atoms with Gasteiger partial charge in [-0.1, -0.05) is 0 Å². The average Bonchev–Trinajstić information content (AvgIpc) is 3.33. The molecule has 20 heavy (non-hydrogen) atoms. The number of carbonyl (C=O) groups excluding carboxylic acids is 2. The third-order valence-electron chi connectivity index (χ3n) is 4.75. The molecule has 2 aliphatic heterocycles. The van der Waals surface area contributed by atoms with E-state index in [2.05, 4.69) is 10.6 Å². The number of nitrogens with zero attached hydrogens (tertiary/aromatic N) is 1. The summed E-state index contributed by atoms with van der Waals surface area (Å²) in [7, 11) is 0. The lowest BCUT2D eigenvalue weighted by atomic mass is 9.96. The van der Waals surface area contributed by atoms with Crippen molar-refractivity contribution in [2.75, 3.05) is 26.2 Å². The molecule has 3 fully saturated rings. The van der Waals surface area contributed by atoms with Crippen molar-refractivity contribution in [3.63, 3.8) is 0 Å². The lowest BCUT2D eigenvalue weighted by Gasteiger charge is -2.35. The van der Waals surface area contributed by atoms with Gasteiger partial charge in [-0.3, -0.25) is 9.59 Å². The molecular formula is C15H25N3O2. The Kier molecular flexibility index (Phi) is 4.24. The first kappa shape index (κ1) is 13.9. The zero-order valence-corrected chi connectivity index (χ0v) is 12.1. The molecule has 0 bridgehead atoms. The van der Waals surface area contributed by atoms with Crippen LogP contribution in [0.15, 0.2) is 0 Å². The average molecular weight is 279 g/mol. The Bertz CT molecular complexity index is 367. The number of carbonyl (C=O) groups is 2. The molecule has 0 spiro atoms. The minimum Gasteiger partial charge on any atom is -0.353 e. The Morgan fingerprint density at radius 3 is 2.35 bits per heavy atom. The quantitative estimate of drug-likeness (QED) is 0.791. The molecule has 1 unspecified atom stereocenters. The molecule has 0 aromatic rings. The van der Waals surface area contributed by atoms with Crippen LogP contribution >= 0.6 is 0 Å². The van der Waals surface area contributed by atoms with E-state index in [0.717, 1.165) is 64.7 Å². The second-order valence-corrected chi connectivity index (χ2v) is 6.43. The van der Waals surface area contributed by atoms with Crippen molar-refractivity contribution < 1.29 is 9.59 Å². The third-order valence-corrected chi connectivity index (χ3v) is 4.75. The van der Waals surface area contributed by atoms with E-state index in [-0.39, 0.29) is 23.8 Å². The lowest BCUT2D eigenvalue weighted by Crippen LogP contribution is -2.50. The molecule has 2 amide bonds. The van der Waals surface area contributed by atoms with Crippen LogP contribution in [0.3, 0.4) is 0 Å². The molecule has 3 rings (SSSR count). The molecule has 1 saturated carbocycles. The van der Waals surface area contributed by atoms with Gasteiger partial charge in [-0.05, 0) is 45.1 Å². The maximum absolute atomic E-state index is 12.4. The highest BCUT2D eigenvalue weighted by Gasteiger charge is 2.33. The largest absolute Gasteiger partial charge is 0.353 e. The Labute approximate surface area is 120 Å². The Morgan fingerprint density at radius 1 is 1.00 bits per heavy atom. The van der Waals surface area contributed by atoms with Crippen molar-refractivity contribution in [1.29, 1.82) is 0 Å². The van der Waals surface area contributed by atoms with Gasteiger partial charge in [0.1, 0.15) is 0 Å². The first-order valence-electron chi connectivity index (χ1n) is 8.04. The van der Waals surface area contributed by atoms with E-state index in [1.165, 1.54) is 0 Å². The number of rotatable bonds is 3. The maximum atomic E-state index is 12.4. The fraction of sp³-hybridized carbons (Fsp3) is 0.867. The van der Waals surface area contributed by atoms with Gasteiger partial charge in [0.15, 0.2) is 0 Å². The highest BCUT2D eigenvalue weighted by Crippen LogP contribution is 2.29. The van der Waals surface area contributed by atoms with Crippen molar-refractivity contribution in [2.45, 2.75) is 44.6 Å². The van der Waals surface area contributed by atoms with Crippen LogP contribution in [0.1, 0.15) is 38.5 Å². The first-order valence-corrected chi connectivity index (χ1v) is 8.04. The summed E-state index contributed by atoms with van der Waals surface area (Å²) in [6.45, 7) is 3.46. The van der Waals surface area contributed by atoms with Crippen molar-refractivity contribution in [2.24, 2.45) is 11.8 Å². The molecule has 2 N–H and O–H groups in total. The Balaban J connectivity index is 1.42. The van der Waals surface area contributed by atoms with E-state index in [0.29, 0.717) is 5.91 Å². The predicted octanol–water partition coefficient (Wildman–Crippen LogP) is 0.503. The minimum absolute atomic E-state index is 0.168. The standard InChI is InChI=1S/C15H25N3O2/c19-14(11-3-4-11)17-13-5-8-18(9-6-13)15(20)12-2-1-7-16-10-12/h11-13,16H,1-10H2,(H,17,19). The van der Waals surface area contributed by atoms with Crippen LogP contribution in [0.4, 0.5) is 0 Å². The number of likely N-dealkylation sites (tertiary alicyclic amines) is 1. The van der Waals surface area contributed by atoms with Gasteiger partial charge in [0.2, 0.25) is 11.8 Å². The number of hydrogen-bond donors (Lipinski definition) is 2. The normalized spacial score (nSPS) is 28.2. The molecule has 0 aromatic carbocycles. The van der Waals surface area contributed by atoms with Crippen LogP contribution < -0.4 is 10.6 Å². The second-order valence-electron chi connectivity index (χ2n) is 6.43. The molecule has 0 radical (unpaired) electrons. The van der Waals surface area contributed by atoms with Gasteiger partial charge in [-0.25, -0.2) is 0 Å². The molecule has 2 saturated heterocycles. The molecule has 1 atom stereocenters. The van der Waals surface area contributed by atoms with Gasteiger partial charge in [-0.15, -0.1) is 0 Å². The smallest absolute Gasteiger partial charge is 0.226 e. The summed E-state index contributed by atoms with van der Waals surface area (Å²) < 4.78 is 0. The maximum Gasteiger partial charge on any atom is 0.226 e. The first-order chi connectivity index (χ1) is 9.74. The van der Waals surface area contributed by atoms with Gasteiger partial charge < -0.3 is 15.5 Å². The number of hydrogen-bond acceptors (Lipinski definition) is 3. The minimum atomic E-state index is 0.168. The molecule has 0 aromatic heterocycles.